The highest BCUT2D eigenvalue weighted by Gasteiger charge is 2.10. The van der Waals surface area contributed by atoms with Crippen LogP contribution in [0.25, 0.3) is 0 Å². The van der Waals surface area contributed by atoms with Crippen LogP contribution in [0.2, 0.25) is 0 Å². The van der Waals surface area contributed by atoms with Crippen molar-refractivity contribution in [2.45, 2.75) is 32.8 Å². The summed E-state index contributed by atoms with van der Waals surface area (Å²) in [6.07, 6.45) is 3.07. The molecule has 0 N–H and O–H groups in total. The number of hydrogen-bond donors (Lipinski definition) is 0. The topological polar surface area (TPSA) is 29.5 Å². The van der Waals surface area contributed by atoms with Gasteiger partial charge >= 0.3 is 6.09 Å². The summed E-state index contributed by atoms with van der Waals surface area (Å²) in [5.74, 6) is 0. The minimum Gasteiger partial charge on any atom is -0.444 e. The first-order valence-electron chi connectivity index (χ1n) is 5.88. The molecule has 0 radical (unpaired) electrons. The summed E-state index contributed by atoms with van der Waals surface area (Å²) in [5, 5.41) is 0. The molecule has 1 amide bonds. The van der Waals surface area contributed by atoms with Gasteiger partial charge in [-0.3, -0.25) is 0 Å². The van der Waals surface area contributed by atoms with E-state index in [2.05, 4.69) is 6.92 Å². The van der Waals surface area contributed by atoms with Crippen LogP contribution in [0.15, 0.2) is 30.3 Å². The Bertz CT molecular complexity index is 329. The van der Waals surface area contributed by atoms with Gasteiger partial charge in [0.25, 0.3) is 0 Å². The van der Waals surface area contributed by atoms with E-state index in [-0.39, 0.29) is 6.09 Å². The summed E-state index contributed by atoms with van der Waals surface area (Å²) in [6.45, 7) is 3.24. The molecule has 1 aromatic rings. The molecule has 0 aliphatic rings. The van der Waals surface area contributed by atoms with Crippen molar-refractivity contribution in [2.24, 2.45) is 0 Å². The Morgan fingerprint density at radius 2 is 2.00 bits per heavy atom. The third kappa shape index (κ3) is 5.91. The third-order valence-electron chi connectivity index (χ3n) is 2.36. The second-order valence-electron chi connectivity index (χ2n) is 3.83. The molecular formula is C13H18INO2. The zero-order valence-corrected chi connectivity index (χ0v) is 12.2. The Morgan fingerprint density at radius 1 is 1.29 bits per heavy atom. The molecule has 0 aliphatic heterocycles. The fraction of sp³-hybridized carbons (Fsp3) is 0.462. The van der Waals surface area contributed by atoms with Crippen molar-refractivity contribution in [1.29, 1.82) is 0 Å². The first-order valence-corrected chi connectivity index (χ1v) is 6.84. The summed E-state index contributed by atoms with van der Waals surface area (Å²) in [6, 6.07) is 9.71. The number of halogens is 1. The first kappa shape index (κ1) is 14.3. The highest BCUT2D eigenvalue weighted by Crippen LogP contribution is 2.08. The lowest BCUT2D eigenvalue weighted by molar-refractivity contribution is 0.125. The van der Waals surface area contributed by atoms with Crippen LogP contribution in [0.3, 0.4) is 0 Å². The van der Waals surface area contributed by atoms with E-state index in [1.165, 1.54) is 0 Å². The molecule has 17 heavy (non-hydrogen) atoms. The van der Waals surface area contributed by atoms with Crippen molar-refractivity contribution in [3.8, 4) is 0 Å². The molecule has 0 heterocycles. The van der Waals surface area contributed by atoms with Crippen molar-refractivity contribution >= 4 is 29.0 Å². The van der Waals surface area contributed by atoms with Gasteiger partial charge in [-0.1, -0.05) is 50.1 Å². The van der Waals surface area contributed by atoms with Crippen LogP contribution in [0.1, 0.15) is 31.7 Å². The molecule has 0 unspecified atom stereocenters. The molecule has 1 aromatic carbocycles. The molecule has 0 atom stereocenters. The Kier molecular flexibility index (Phi) is 7.00. The number of benzene rings is 1. The van der Waals surface area contributed by atoms with Crippen LogP contribution in [0, 0.1) is 0 Å². The lowest BCUT2D eigenvalue weighted by atomic mass is 10.2. The molecule has 0 spiro atoms. The predicted molar refractivity (Wildman–Crippen MR) is 76.9 cm³/mol. The van der Waals surface area contributed by atoms with Gasteiger partial charge in [0, 0.05) is 6.54 Å². The number of hydrogen-bond acceptors (Lipinski definition) is 2. The summed E-state index contributed by atoms with van der Waals surface area (Å²) in [5.41, 5.74) is 1.01. The number of carbonyl (C=O) groups excluding carboxylic acids is 1. The second-order valence-corrected chi connectivity index (χ2v) is 5.00. The molecule has 0 aromatic heterocycles. The van der Waals surface area contributed by atoms with E-state index < -0.39 is 0 Å². The number of unbranched alkanes of at least 4 members (excludes halogenated alkanes) is 2. The van der Waals surface area contributed by atoms with Crippen LogP contribution in [-0.2, 0) is 11.3 Å². The Balaban J connectivity index is 2.24. The van der Waals surface area contributed by atoms with Crippen molar-refractivity contribution < 1.29 is 9.53 Å². The van der Waals surface area contributed by atoms with Gasteiger partial charge in [-0.15, -0.1) is 0 Å². The maximum absolute atomic E-state index is 11.6. The van der Waals surface area contributed by atoms with E-state index in [0.717, 1.165) is 31.4 Å². The van der Waals surface area contributed by atoms with Gasteiger partial charge in [-0.2, -0.15) is 0 Å². The number of amides is 1. The predicted octanol–water partition coefficient (Wildman–Crippen LogP) is 4.17. The molecule has 0 bridgehead atoms. The number of nitrogens with zero attached hydrogens (tertiary/aromatic N) is 1. The van der Waals surface area contributed by atoms with E-state index in [1.807, 2.05) is 53.2 Å². The summed E-state index contributed by atoms with van der Waals surface area (Å²) in [4.78, 5) is 11.6. The Labute approximate surface area is 117 Å². The standard InChI is InChI=1S/C13H18INO2/c1-2-3-7-10-15(14)13(16)17-11-12-8-5-4-6-9-12/h4-6,8-9H,2-3,7,10-11H2,1H3. The highest BCUT2D eigenvalue weighted by molar-refractivity contribution is 14.1. The number of ether oxygens (including phenoxy) is 1. The van der Waals surface area contributed by atoms with Crippen molar-refractivity contribution in [2.75, 3.05) is 6.54 Å². The van der Waals surface area contributed by atoms with Gasteiger partial charge < -0.3 is 4.74 Å². The van der Waals surface area contributed by atoms with Gasteiger partial charge in [0.2, 0.25) is 0 Å². The van der Waals surface area contributed by atoms with Crippen LogP contribution in [0.4, 0.5) is 4.79 Å². The van der Waals surface area contributed by atoms with E-state index in [1.54, 1.807) is 3.11 Å². The summed E-state index contributed by atoms with van der Waals surface area (Å²) >= 11 is 2.01. The first-order chi connectivity index (χ1) is 8.24. The molecule has 94 valence electrons. The Morgan fingerprint density at radius 3 is 2.65 bits per heavy atom. The second kappa shape index (κ2) is 8.33. The van der Waals surface area contributed by atoms with Gasteiger partial charge in [0.1, 0.15) is 6.61 Å². The molecular weight excluding hydrogens is 329 g/mol. The van der Waals surface area contributed by atoms with Crippen LogP contribution in [0.5, 0.6) is 0 Å². The molecule has 0 aliphatic carbocycles. The van der Waals surface area contributed by atoms with Gasteiger partial charge in [0.15, 0.2) is 0 Å². The summed E-state index contributed by atoms with van der Waals surface area (Å²) in [7, 11) is 0. The average molecular weight is 347 g/mol. The fourth-order valence-corrected chi connectivity index (χ4v) is 1.86. The van der Waals surface area contributed by atoms with Crippen LogP contribution >= 0.6 is 22.9 Å². The van der Waals surface area contributed by atoms with Crippen molar-refractivity contribution in [1.82, 2.24) is 3.11 Å². The van der Waals surface area contributed by atoms with Crippen LogP contribution < -0.4 is 0 Å². The summed E-state index contributed by atoms with van der Waals surface area (Å²) < 4.78 is 6.81. The van der Waals surface area contributed by atoms with Gasteiger partial charge in [-0.05, 0) is 12.0 Å². The third-order valence-corrected chi connectivity index (χ3v) is 3.24. The van der Waals surface area contributed by atoms with Crippen molar-refractivity contribution in [3.63, 3.8) is 0 Å². The molecule has 0 saturated heterocycles. The van der Waals surface area contributed by atoms with E-state index in [9.17, 15) is 4.79 Å². The number of rotatable bonds is 6. The van der Waals surface area contributed by atoms with E-state index in [4.69, 9.17) is 4.74 Å². The number of carbonyl (C=O) groups is 1. The zero-order chi connectivity index (χ0) is 12.5. The fourth-order valence-electron chi connectivity index (χ4n) is 1.38. The minimum atomic E-state index is -0.259. The van der Waals surface area contributed by atoms with Gasteiger partial charge in [0.05, 0.1) is 22.9 Å². The van der Waals surface area contributed by atoms with Crippen LogP contribution in [-0.4, -0.2) is 15.8 Å². The largest absolute Gasteiger partial charge is 0.444 e. The van der Waals surface area contributed by atoms with E-state index >= 15 is 0 Å². The Hall–Kier alpha value is -0.780. The highest BCUT2D eigenvalue weighted by atomic mass is 127. The van der Waals surface area contributed by atoms with Gasteiger partial charge in [-0.25, -0.2) is 7.91 Å². The normalized spacial score (nSPS) is 10.0. The lowest BCUT2D eigenvalue weighted by Crippen LogP contribution is -2.22. The molecule has 0 saturated carbocycles. The van der Waals surface area contributed by atoms with E-state index in [0.29, 0.717) is 6.61 Å². The zero-order valence-electron chi connectivity index (χ0n) is 10.1. The molecule has 3 nitrogen and oxygen atoms in total. The molecule has 0 fully saturated rings. The average Bonchev–Trinajstić information content (AvgIpc) is 2.37. The maximum atomic E-state index is 11.6. The van der Waals surface area contributed by atoms with Crippen molar-refractivity contribution in [3.05, 3.63) is 35.9 Å². The lowest BCUT2D eigenvalue weighted by Gasteiger charge is -2.14. The quantitative estimate of drug-likeness (QED) is 0.439. The smallest absolute Gasteiger partial charge is 0.418 e. The maximum Gasteiger partial charge on any atom is 0.418 e. The monoisotopic (exact) mass is 347 g/mol. The minimum absolute atomic E-state index is 0.259. The molecule has 1 rings (SSSR count). The SMILES string of the molecule is CCCCCN(I)C(=O)OCc1ccccc1. The molecule has 4 heteroatoms.